The highest BCUT2D eigenvalue weighted by atomic mass is 32.2. The summed E-state index contributed by atoms with van der Waals surface area (Å²) < 4.78 is 29.8. The van der Waals surface area contributed by atoms with Crippen molar-refractivity contribution in [1.29, 1.82) is 0 Å². The Balaban J connectivity index is 2.00. The first-order valence-electron chi connectivity index (χ1n) is 11.0. The maximum atomic E-state index is 13.5. The number of aryl methyl sites for hydroxylation is 2. The van der Waals surface area contributed by atoms with Gasteiger partial charge in [-0.1, -0.05) is 37.1 Å². The molecule has 0 aliphatic carbocycles. The normalized spacial score (nSPS) is 11.6. The van der Waals surface area contributed by atoms with Gasteiger partial charge >= 0.3 is 0 Å². The van der Waals surface area contributed by atoms with Gasteiger partial charge in [0.1, 0.15) is 5.52 Å². The highest BCUT2D eigenvalue weighted by molar-refractivity contribution is 7.90. The Labute approximate surface area is 198 Å². The lowest BCUT2D eigenvalue weighted by molar-refractivity contribution is 0.0827. The second kappa shape index (κ2) is 8.95. The van der Waals surface area contributed by atoms with Crippen molar-refractivity contribution in [1.82, 2.24) is 13.4 Å². The number of fused-ring (bicyclic) bond motifs is 1. The number of hydrogen-bond donors (Lipinski definition) is 0. The molecule has 0 aliphatic rings. The van der Waals surface area contributed by atoms with Crippen molar-refractivity contribution >= 4 is 27.0 Å². The van der Waals surface area contributed by atoms with Gasteiger partial charge < -0.3 is 9.47 Å². The van der Waals surface area contributed by atoms with Crippen LogP contribution in [0.5, 0.6) is 0 Å². The van der Waals surface area contributed by atoms with E-state index in [0.29, 0.717) is 28.8 Å². The third kappa shape index (κ3) is 4.05. The molecule has 2 heterocycles. The third-order valence-electron chi connectivity index (χ3n) is 5.76. The fourth-order valence-electron chi connectivity index (χ4n) is 3.98. The van der Waals surface area contributed by atoms with Crippen molar-refractivity contribution in [2.75, 3.05) is 14.1 Å². The fraction of sp³-hybridized carbons (Fsp3) is 0.231. The summed E-state index contributed by atoms with van der Waals surface area (Å²) in [5.74, 6) is -0.146. The minimum atomic E-state index is -3.98. The number of nitrogens with zero attached hydrogens (tertiary/aromatic N) is 3. The molecule has 4 aromatic rings. The lowest BCUT2D eigenvalue weighted by atomic mass is 10.1. The van der Waals surface area contributed by atoms with E-state index in [2.05, 4.69) is 0 Å². The number of benzene rings is 2. The van der Waals surface area contributed by atoms with E-state index in [1.807, 2.05) is 19.9 Å². The largest absolute Gasteiger partial charge is 0.345 e. The molecule has 0 spiro atoms. The fourth-order valence-corrected chi connectivity index (χ4v) is 5.33. The summed E-state index contributed by atoms with van der Waals surface area (Å²) in [7, 11) is -0.617. The van der Waals surface area contributed by atoms with Crippen molar-refractivity contribution in [3.8, 4) is 5.69 Å². The van der Waals surface area contributed by atoms with Crippen molar-refractivity contribution in [3.63, 3.8) is 0 Å². The number of carbonyl (C=O) groups excluding carboxylic acids is 1. The van der Waals surface area contributed by atoms with Crippen LogP contribution in [-0.4, -0.2) is 41.9 Å². The van der Waals surface area contributed by atoms with Gasteiger partial charge in [-0.05, 0) is 49.7 Å². The minimum absolute atomic E-state index is 0.0934. The molecule has 1 amide bonds. The van der Waals surface area contributed by atoms with Crippen LogP contribution in [0, 0.1) is 6.92 Å². The van der Waals surface area contributed by atoms with E-state index in [1.54, 1.807) is 73.4 Å². The molecule has 34 heavy (non-hydrogen) atoms. The van der Waals surface area contributed by atoms with Crippen LogP contribution in [0.25, 0.3) is 16.7 Å². The molecule has 0 unspecified atom stereocenters. The molecule has 0 atom stereocenters. The van der Waals surface area contributed by atoms with E-state index < -0.39 is 10.0 Å². The molecule has 0 radical (unpaired) electrons. The van der Waals surface area contributed by atoms with Gasteiger partial charge in [0.2, 0.25) is 5.43 Å². The highest BCUT2D eigenvalue weighted by Gasteiger charge is 2.23. The van der Waals surface area contributed by atoms with Gasteiger partial charge in [-0.25, -0.2) is 12.4 Å². The molecule has 0 saturated carbocycles. The number of aromatic nitrogens is 2. The SMILES string of the molecule is CCCc1cn(-c2cccc(C(=O)N(C)C)c2)c2ccn(S(=O)(=O)c3ccc(C)cc3)c2c1=O. The third-order valence-corrected chi connectivity index (χ3v) is 7.45. The summed E-state index contributed by atoms with van der Waals surface area (Å²) in [4.78, 5) is 27.5. The molecular weight excluding hydrogens is 450 g/mol. The van der Waals surface area contributed by atoms with Crippen LogP contribution in [0.3, 0.4) is 0 Å². The van der Waals surface area contributed by atoms with Crippen LogP contribution < -0.4 is 5.43 Å². The summed E-state index contributed by atoms with van der Waals surface area (Å²) in [5.41, 5.74) is 2.85. The van der Waals surface area contributed by atoms with Crippen LogP contribution in [0.1, 0.15) is 34.8 Å². The Hall–Kier alpha value is -3.65. The van der Waals surface area contributed by atoms with Crippen molar-refractivity contribution in [3.05, 3.63) is 93.9 Å². The first kappa shape index (κ1) is 23.5. The number of hydrogen-bond acceptors (Lipinski definition) is 4. The van der Waals surface area contributed by atoms with Gasteiger partial charge in [0.15, 0.2) is 0 Å². The van der Waals surface area contributed by atoms with E-state index in [4.69, 9.17) is 0 Å². The van der Waals surface area contributed by atoms with Crippen molar-refractivity contribution in [2.45, 2.75) is 31.6 Å². The first-order valence-corrected chi connectivity index (χ1v) is 12.5. The molecule has 7 nitrogen and oxygen atoms in total. The van der Waals surface area contributed by atoms with E-state index in [9.17, 15) is 18.0 Å². The number of amides is 1. The monoisotopic (exact) mass is 477 g/mol. The predicted octanol–water partition coefficient (Wildman–Crippen LogP) is 3.99. The molecule has 4 rings (SSSR count). The number of pyridine rings is 1. The standard InChI is InChI=1S/C26H27N3O4S/c1-5-7-20-17-28(21-9-6-8-19(16-21)26(31)27(3)4)23-14-15-29(24(23)25(20)30)34(32,33)22-12-10-18(2)11-13-22/h6,8-17H,5,7H2,1-4H3. The molecule has 2 aromatic heterocycles. The van der Waals surface area contributed by atoms with Gasteiger partial charge in [-0.2, -0.15) is 0 Å². The Morgan fingerprint density at radius 1 is 1.03 bits per heavy atom. The van der Waals surface area contributed by atoms with Gasteiger partial charge in [-0.3, -0.25) is 9.59 Å². The first-order chi connectivity index (χ1) is 16.1. The molecule has 0 saturated heterocycles. The van der Waals surface area contributed by atoms with Gasteiger partial charge in [0.05, 0.1) is 10.4 Å². The smallest absolute Gasteiger partial charge is 0.268 e. The van der Waals surface area contributed by atoms with Crippen molar-refractivity contribution < 1.29 is 13.2 Å². The van der Waals surface area contributed by atoms with Gasteiger partial charge in [-0.15, -0.1) is 0 Å². The average Bonchev–Trinajstić information content (AvgIpc) is 3.27. The van der Waals surface area contributed by atoms with Crippen LogP contribution in [0.15, 0.2) is 76.7 Å². The van der Waals surface area contributed by atoms with Crippen molar-refractivity contribution in [2.24, 2.45) is 0 Å². The second-order valence-electron chi connectivity index (χ2n) is 8.52. The lowest BCUT2D eigenvalue weighted by Gasteiger charge is -2.15. The Kier molecular flexibility index (Phi) is 6.18. The zero-order chi connectivity index (χ0) is 24.6. The Bertz CT molecular complexity index is 1550. The highest BCUT2D eigenvalue weighted by Crippen LogP contribution is 2.24. The summed E-state index contributed by atoms with van der Waals surface area (Å²) in [5, 5.41) is 0. The number of carbonyl (C=O) groups is 1. The molecule has 8 heteroatoms. The maximum absolute atomic E-state index is 13.5. The Morgan fingerprint density at radius 3 is 2.38 bits per heavy atom. The molecule has 0 bridgehead atoms. The van der Waals surface area contributed by atoms with E-state index in [-0.39, 0.29) is 21.7 Å². The van der Waals surface area contributed by atoms with Crippen LogP contribution in [0.2, 0.25) is 0 Å². The summed E-state index contributed by atoms with van der Waals surface area (Å²) in [6.07, 6.45) is 4.39. The Morgan fingerprint density at radius 2 is 1.74 bits per heavy atom. The van der Waals surface area contributed by atoms with Gasteiger partial charge in [0, 0.05) is 43.3 Å². The quantitative estimate of drug-likeness (QED) is 0.421. The van der Waals surface area contributed by atoms with E-state index in [0.717, 1.165) is 16.0 Å². The molecule has 2 aromatic carbocycles. The molecule has 0 aliphatic heterocycles. The average molecular weight is 478 g/mol. The topological polar surface area (TPSA) is 81.4 Å². The lowest BCUT2D eigenvalue weighted by Crippen LogP contribution is -2.22. The molecule has 0 N–H and O–H groups in total. The minimum Gasteiger partial charge on any atom is -0.345 e. The summed E-state index contributed by atoms with van der Waals surface area (Å²) in [6, 6.07) is 15.2. The van der Waals surface area contributed by atoms with Crippen LogP contribution in [-0.2, 0) is 16.4 Å². The van der Waals surface area contributed by atoms with E-state index in [1.165, 1.54) is 11.1 Å². The summed E-state index contributed by atoms with van der Waals surface area (Å²) in [6.45, 7) is 3.85. The molecular formula is C26H27N3O4S. The van der Waals surface area contributed by atoms with Gasteiger partial charge in [0.25, 0.3) is 15.9 Å². The van der Waals surface area contributed by atoms with E-state index >= 15 is 0 Å². The summed E-state index contributed by atoms with van der Waals surface area (Å²) >= 11 is 0. The van der Waals surface area contributed by atoms with Crippen LogP contribution >= 0.6 is 0 Å². The zero-order valence-corrected chi connectivity index (χ0v) is 20.5. The molecule has 176 valence electrons. The maximum Gasteiger partial charge on any atom is 0.268 e. The molecule has 0 fully saturated rings. The second-order valence-corrected chi connectivity index (χ2v) is 10.3. The zero-order valence-electron chi connectivity index (χ0n) is 19.6. The predicted molar refractivity (Wildman–Crippen MR) is 133 cm³/mol. The number of rotatable bonds is 6. The van der Waals surface area contributed by atoms with Crippen LogP contribution in [0.4, 0.5) is 0 Å².